The van der Waals surface area contributed by atoms with Crippen LogP contribution in [-0.2, 0) is 16.1 Å². The lowest BCUT2D eigenvalue weighted by Crippen LogP contribution is -2.32. The molecule has 1 radical (unpaired) electrons. The Morgan fingerprint density at radius 3 is 2.67 bits per heavy atom. The van der Waals surface area contributed by atoms with Gasteiger partial charge in [-0.2, -0.15) is 0 Å². The number of nitrogens with zero attached hydrogens (tertiary/aromatic N) is 2. The molecule has 1 unspecified atom stereocenters. The van der Waals surface area contributed by atoms with E-state index in [1.807, 2.05) is 6.92 Å². The highest BCUT2D eigenvalue weighted by Gasteiger charge is 2.12. The van der Waals surface area contributed by atoms with E-state index in [-0.39, 0.29) is 37.3 Å². The number of hydrogen-bond donors (Lipinski definition) is 2. The molecule has 7 nitrogen and oxygen atoms in total. The van der Waals surface area contributed by atoms with E-state index in [0.29, 0.717) is 17.0 Å². The summed E-state index contributed by atoms with van der Waals surface area (Å²) in [6, 6.07) is 9.73. The number of aromatic nitrogens is 1. The fraction of sp³-hybridized carbons (Fsp3) is 0.261. The van der Waals surface area contributed by atoms with Crippen LogP contribution in [0.4, 0.5) is 19.4 Å². The maximum Gasteiger partial charge on any atom is 0.412 e. The van der Waals surface area contributed by atoms with Crippen molar-refractivity contribution >= 4 is 40.2 Å². The summed E-state index contributed by atoms with van der Waals surface area (Å²) >= 11 is 5.98. The average molecular weight is 476 g/mol. The number of halogens is 3. The van der Waals surface area contributed by atoms with Crippen molar-refractivity contribution in [2.75, 3.05) is 18.5 Å². The highest BCUT2D eigenvalue weighted by molar-refractivity contribution is 6.31. The molecule has 0 spiro atoms. The first-order valence-corrected chi connectivity index (χ1v) is 10.5. The lowest BCUT2D eigenvalue weighted by molar-refractivity contribution is -0.122. The number of pyridine rings is 1. The molecule has 33 heavy (non-hydrogen) atoms. The molecule has 0 aliphatic rings. The van der Waals surface area contributed by atoms with E-state index in [4.69, 9.17) is 16.3 Å². The molecule has 173 valence electrons. The van der Waals surface area contributed by atoms with E-state index in [1.54, 1.807) is 12.1 Å². The van der Waals surface area contributed by atoms with Crippen molar-refractivity contribution in [3.63, 3.8) is 0 Å². The second-order valence-electron chi connectivity index (χ2n) is 7.32. The molecule has 0 saturated heterocycles. The van der Waals surface area contributed by atoms with Gasteiger partial charge in [0.25, 0.3) is 0 Å². The number of amides is 2. The second-order valence-corrected chi connectivity index (χ2v) is 7.73. The number of fused-ring (bicyclic) bond motifs is 1. The largest absolute Gasteiger partial charge is 0.447 e. The summed E-state index contributed by atoms with van der Waals surface area (Å²) in [6.45, 7) is 2.12. The van der Waals surface area contributed by atoms with Gasteiger partial charge in [-0.05, 0) is 54.3 Å². The van der Waals surface area contributed by atoms with Crippen molar-refractivity contribution in [2.24, 2.45) is 0 Å². The van der Waals surface area contributed by atoms with Crippen molar-refractivity contribution in [3.05, 3.63) is 70.9 Å². The Bertz CT molecular complexity index is 1150. The monoisotopic (exact) mass is 475 g/mol. The van der Waals surface area contributed by atoms with Gasteiger partial charge < -0.3 is 10.1 Å². The molecule has 0 fully saturated rings. The maximum absolute atomic E-state index is 13.3. The van der Waals surface area contributed by atoms with Crippen LogP contribution >= 0.6 is 11.6 Å². The highest BCUT2D eigenvalue weighted by atomic mass is 35.5. The van der Waals surface area contributed by atoms with Gasteiger partial charge in [0.15, 0.2) is 0 Å². The van der Waals surface area contributed by atoms with Crippen molar-refractivity contribution in [1.29, 1.82) is 0 Å². The summed E-state index contributed by atoms with van der Waals surface area (Å²) in [7, 11) is 0. The molecular formula is C23H22ClF2N4O3. The summed E-state index contributed by atoms with van der Waals surface area (Å²) in [5.74, 6) is -0.933. The molecule has 0 aliphatic carbocycles. The molecular weight excluding hydrogens is 454 g/mol. The minimum atomic E-state index is -0.757. The standard InChI is InChI=1S/C23H22ClF2N4O3/c1-14(28-13-16-3-5-19(26)11-20(16)24)8-22(31)27-6-7-33-23(32)30-21-10-17-9-18(25)4-2-15(17)12-29-21/h2-5,9-12,14,28H,6-8,13H2,1H3,(H,29,30,32). The number of nitrogens with one attached hydrogen (secondary N) is 2. The van der Waals surface area contributed by atoms with Crippen molar-refractivity contribution in [1.82, 2.24) is 15.6 Å². The molecule has 2 N–H and O–H groups in total. The predicted molar refractivity (Wildman–Crippen MR) is 121 cm³/mol. The summed E-state index contributed by atoms with van der Waals surface area (Å²) in [6.07, 6.45) is 0.896. The van der Waals surface area contributed by atoms with Crippen LogP contribution in [0.1, 0.15) is 18.9 Å². The number of rotatable bonds is 9. The molecule has 10 heteroatoms. The normalized spacial score (nSPS) is 11.8. The molecule has 1 heterocycles. The molecule has 3 rings (SSSR count). The molecule has 1 atom stereocenters. The van der Waals surface area contributed by atoms with Gasteiger partial charge in [0.1, 0.15) is 24.1 Å². The molecule has 1 aromatic heterocycles. The fourth-order valence-electron chi connectivity index (χ4n) is 2.98. The van der Waals surface area contributed by atoms with Crippen LogP contribution in [0.15, 0.2) is 48.7 Å². The van der Waals surface area contributed by atoms with Crippen LogP contribution in [-0.4, -0.2) is 36.2 Å². The topological polar surface area (TPSA) is 94.4 Å². The fourth-order valence-corrected chi connectivity index (χ4v) is 3.21. The van der Waals surface area contributed by atoms with Gasteiger partial charge >= 0.3 is 6.09 Å². The van der Waals surface area contributed by atoms with Crippen LogP contribution in [0, 0.1) is 11.6 Å². The van der Waals surface area contributed by atoms with Crippen LogP contribution in [0.25, 0.3) is 10.8 Å². The Balaban J connectivity index is 1.33. The van der Waals surface area contributed by atoms with Gasteiger partial charge in [-0.25, -0.2) is 23.9 Å². The number of hydrogen-bond acceptors (Lipinski definition) is 5. The number of anilines is 1. The first kappa shape index (κ1) is 24.3. The quantitative estimate of drug-likeness (QED) is 0.447. The van der Waals surface area contributed by atoms with Gasteiger partial charge in [-0.3, -0.25) is 10.1 Å². The zero-order valence-corrected chi connectivity index (χ0v) is 18.5. The molecule has 2 aromatic carbocycles. The minimum Gasteiger partial charge on any atom is -0.447 e. The van der Waals surface area contributed by atoms with E-state index >= 15 is 0 Å². The van der Waals surface area contributed by atoms with Crippen molar-refractivity contribution in [2.45, 2.75) is 25.9 Å². The van der Waals surface area contributed by atoms with Gasteiger partial charge in [0.05, 0.1) is 6.54 Å². The number of carbonyl (C=O) groups excluding carboxylic acids is 2. The van der Waals surface area contributed by atoms with E-state index in [9.17, 15) is 18.4 Å². The Labute approximate surface area is 194 Å². The van der Waals surface area contributed by atoms with Crippen LogP contribution in [0.2, 0.25) is 5.02 Å². The first-order chi connectivity index (χ1) is 15.8. The minimum absolute atomic E-state index is 0.0130. The summed E-state index contributed by atoms with van der Waals surface area (Å²) in [5, 5.41) is 11.1. The lowest BCUT2D eigenvalue weighted by Gasteiger charge is -2.14. The number of carbonyl (C=O) groups is 2. The van der Waals surface area contributed by atoms with Gasteiger partial charge in [-0.15, -0.1) is 0 Å². The summed E-state index contributed by atoms with van der Waals surface area (Å²) in [4.78, 5) is 27.9. The van der Waals surface area contributed by atoms with E-state index in [2.05, 4.69) is 20.9 Å². The van der Waals surface area contributed by atoms with Crippen molar-refractivity contribution < 1.29 is 23.1 Å². The molecule has 3 aromatic rings. The lowest BCUT2D eigenvalue weighted by atomic mass is 10.2. The van der Waals surface area contributed by atoms with Gasteiger partial charge in [0.2, 0.25) is 5.91 Å². The second kappa shape index (κ2) is 11.5. The maximum atomic E-state index is 13.3. The third kappa shape index (κ3) is 7.65. The first-order valence-electron chi connectivity index (χ1n) is 10.2. The Hall–Kier alpha value is -3.30. The molecule has 0 aliphatic heterocycles. The Morgan fingerprint density at radius 1 is 1.12 bits per heavy atom. The van der Waals surface area contributed by atoms with E-state index < -0.39 is 17.7 Å². The zero-order valence-electron chi connectivity index (χ0n) is 17.8. The van der Waals surface area contributed by atoms with E-state index in [0.717, 1.165) is 10.9 Å². The van der Waals surface area contributed by atoms with Gasteiger partial charge in [-0.1, -0.05) is 17.7 Å². The average Bonchev–Trinajstić information content (AvgIpc) is 2.76. The van der Waals surface area contributed by atoms with Gasteiger partial charge in [0, 0.05) is 35.6 Å². The van der Waals surface area contributed by atoms with Crippen LogP contribution < -0.4 is 16.0 Å². The van der Waals surface area contributed by atoms with Crippen LogP contribution in [0.5, 0.6) is 0 Å². The molecule has 0 saturated carbocycles. The third-order valence-electron chi connectivity index (χ3n) is 4.66. The highest BCUT2D eigenvalue weighted by Crippen LogP contribution is 2.18. The molecule has 0 bridgehead atoms. The third-order valence-corrected chi connectivity index (χ3v) is 5.02. The number of ether oxygens (including phenoxy) is 1. The smallest absolute Gasteiger partial charge is 0.412 e. The SMILES string of the molecule is CC(CC(=O)[N]CCOC(=O)Nc1cc2cc(F)ccc2cn1)NCc1ccc(F)cc1Cl. The number of benzene rings is 2. The summed E-state index contributed by atoms with van der Waals surface area (Å²) in [5.41, 5.74) is 0.722. The Morgan fingerprint density at radius 2 is 1.88 bits per heavy atom. The van der Waals surface area contributed by atoms with Crippen LogP contribution in [0.3, 0.4) is 0 Å². The van der Waals surface area contributed by atoms with Crippen molar-refractivity contribution in [3.8, 4) is 0 Å². The Kier molecular flexibility index (Phi) is 8.51. The summed E-state index contributed by atoms with van der Waals surface area (Å²) < 4.78 is 31.4. The zero-order chi connectivity index (χ0) is 23.8. The van der Waals surface area contributed by atoms with E-state index in [1.165, 1.54) is 36.5 Å². The molecule has 2 amide bonds. The predicted octanol–water partition coefficient (Wildman–Crippen LogP) is 4.41.